The molecule has 1 fully saturated rings. The van der Waals surface area contributed by atoms with Crippen molar-refractivity contribution in [3.8, 4) is 0 Å². The molecule has 0 aromatic heterocycles. The van der Waals surface area contributed by atoms with Gasteiger partial charge in [-0.3, -0.25) is 9.59 Å². The molecule has 5 unspecified atom stereocenters. The fraction of sp³-hybridized carbons (Fsp3) is 0.565. The zero-order valence-electron chi connectivity index (χ0n) is 15.3. The fourth-order valence-corrected chi connectivity index (χ4v) is 5.31. The minimum Gasteiger partial charge on any atom is -0.294 e. The van der Waals surface area contributed by atoms with Crippen LogP contribution in [0.1, 0.15) is 72.2 Å². The van der Waals surface area contributed by atoms with Crippen LogP contribution in [0.25, 0.3) is 0 Å². The van der Waals surface area contributed by atoms with E-state index in [1.807, 2.05) is 12.1 Å². The molecule has 3 aliphatic rings. The minimum absolute atomic E-state index is 0.0891. The molecule has 1 saturated carbocycles. The van der Waals surface area contributed by atoms with E-state index in [0.717, 1.165) is 12.8 Å². The lowest BCUT2D eigenvalue weighted by molar-refractivity contribution is 0.0720. The fourth-order valence-electron chi connectivity index (χ4n) is 5.31. The largest absolute Gasteiger partial charge is 0.294 e. The molecule has 0 spiro atoms. The number of hydrogen-bond donors (Lipinski definition) is 0. The number of carbonyl (C=O) groups excluding carboxylic acids is 2. The monoisotopic (exact) mass is 336 g/mol. The Morgan fingerprint density at radius 1 is 1.00 bits per heavy atom. The van der Waals surface area contributed by atoms with E-state index in [-0.39, 0.29) is 35.2 Å². The van der Waals surface area contributed by atoms with Gasteiger partial charge in [0.25, 0.3) is 0 Å². The molecule has 132 valence electrons. The molecule has 0 heterocycles. The van der Waals surface area contributed by atoms with Crippen LogP contribution in [0.5, 0.6) is 0 Å². The summed E-state index contributed by atoms with van der Waals surface area (Å²) in [4.78, 5) is 26.1. The van der Waals surface area contributed by atoms with Gasteiger partial charge in [0.2, 0.25) is 0 Å². The van der Waals surface area contributed by atoms with Gasteiger partial charge in [0, 0.05) is 23.0 Å². The lowest BCUT2D eigenvalue weighted by Crippen LogP contribution is -2.39. The van der Waals surface area contributed by atoms with Crippen LogP contribution in [0.15, 0.2) is 30.4 Å². The maximum Gasteiger partial charge on any atom is 0.168 e. The Balaban J connectivity index is 1.61. The predicted molar refractivity (Wildman–Crippen MR) is 99.8 cm³/mol. The molecule has 2 heteroatoms. The molecule has 0 amide bonds. The van der Waals surface area contributed by atoms with Crippen molar-refractivity contribution in [1.82, 2.24) is 0 Å². The number of allylic oxidation sites excluding steroid dienone is 2. The first kappa shape index (κ1) is 16.8. The molecule has 2 bridgehead atoms. The van der Waals surface area contributed by atoms with E-state index in [1.54, 1.807) is 0 Å². The van der Waals surface area contributed by atoms with Crippen molar-refractivity contribution in [1.29, 1.82) is 0 Å². The highest BCUT2D eigenvalue weighted by molar-refractivity contribution is 6.16. The van der Waals surface area contributed by atoms with Crippen molar-refractivity contribution in [2.24, 2.45) is 29.6 Å². The summed E-state index contributed by atoms with van der Waals surface area (Å²) in [5.74, 6) is 1.50. The van der Waals surface area contributed by atoms with Crippen molar-refractivity contribution in [3.63, 3.8) is 0 Å². The van der Waals surface area contributed by atoms with Crippen LogP contribution in [0.4, 0.5) is 0 Å². The van der Waals surface area contributed by atoms with Crippen molar-refractivity contribution < 1.29 is 9.59 Å². The van der Waals surface area contributed by atoms with Gasteiger partial charge in [0.15, 0.2) is 11.6 Å². The third kappa shape index (κ3) is 2.70. The van der Waals surface area contributed by atoms with Crippen LogP contribution in [0.2, 0.25) is 0 Å². The molecule has 1 aromatic carbocycles. The zero-order valence-corrected chi connectivity index (χ0v) is 15.3. The van der Waals surface area contributed by atoms with Crippen LogP contribution in [0, 0.1) is 29.6 Å². The van der Waals surface area contributed by atoms with Gasteiger partial charge in [0.1, 0.15) is 0 Å². The highest BCUT2D eigenvalue weighted by Crippen LogP contribution is 2.52. The number of fused-ring (bicyclic) bond motifs is 6. The Labute approximate surface area is 150 Å². The van der Waals surface area contributed by atoms with E-state index >= 15 is 0 Å². The van der Waals surface area contributed by atoms with Crippen LogP contribution < -0.4 is 0 Å². The molecular formula is C23H28O2. The van der Waals surface area contributed by atoms with Gasteiger partial charge in [-0.15, -0.1) is 0 Å². The number of ketones is 2. The van der Waals surface area contributed by atoms with Gasteiger partial charge in [-0.05, 0) is 42.2 Å². The molecule has 3 aliphatic carbocycles. The van der Waals surface area contributed by atoms with Crippen molar-refractivity contribution in [2.45, 2.75) is 52.4 Å². The zero-order chi connectivity index (χ0) is 17.6. The summed E-state index contributed by atoms with van der Waals surface area (Å²) in [6.07, 6.45) is 11.2. The third-order valence-electron chi connectivity index (χ3n) is 6.75. The summed E-state index contributed by atoms with van der Waals surface area (Å²) in [5.41, 5.74) is 2.60. The molecular weight excluding hydrogens is 308 g/mol. The second-order valence-corrected chi connectivity index (χ2v) is 8.23. The highest BCUT2D eigenvalue weighted by Gasteiger charge is 2.54. The van der Waals surface area contributed by atoms with E-state index in [4.69, 9.17) is 0 Å². The smallest absolute Gasteiger partial charge is 0.168 e. The highest BCUT2D eigenvalue weighted by atomic mass is 16.1. The maximum atomic E-state index is 13.1. The van der Waals surface area contributed by atoms with E-state index in [1.165, 1.54) is 31.2 Å². The van der Waals surface area contributed by atoms with Gasteiger partial charge < -0.3 is 0 Å². The Morgan fingerprint density at radius 3 is 2.32 bits per heavy atom. The standard InChI is InChI=1S/C23H28O2/c1-3-5-6-14(4-2)11-15-7-10-18-19(12-15)23(25)21-17-9-8-16(13-17)20(21)22(18)24/h7-10,12,14,16-17,20-21H,3-6,11,13H2,1-2H3. The molecule has 0 N–H and O–H groups in total. The Bertz CT molecular complexity index is 730. The number of rotatable bonds is 6. The number of carbonyl (C=O) groups is 2. The average molecular weight is 336 g/mol. The second-order valence-electron chi connectivity index (χ2n) is 8.23. The Morgan fingerprint density at radius 2 is 1.68 bits per heavy atom. The minimum atomic E-state index is -0.0905. The normalized spacial score (nSPS) is 30.5. The second kappa shape index (κ2) is 6.55. The first-order valence-corrected chi connectivity index (χ1v) is 10.0. The van der Waals surface area contributed by atoms with Gasteiger partial charge in [0.05, 0.1) is 0 Å². The molecule has 4 rings (SSSR count). The maximum absolute atomic E-state index is 13.1. The van der Waals surface area contributed by atoms with Crippen LogP contribution in [-0.4, -0.2) is 11.6 Å². The molecule has 0 saturated heterocycles. The topological polar surface area (TPSA) is 34.1 Å². The average Bonchev–Trinajstić information content (AvgIpc) is 3.24. The number of benzene rings is 1. The van der Waals surface area contributed by atoms with Crippen LogP contribution in [0.3, 0.4) is 0 Å². The Kier molecular flexibility index (Phi) is 4.39. The summed E-state index contributed by atoms with van der Waals surface area (Å²) in [6.45, 7) is 4.48. The molecule has 5 atom stereocenters. The number of unbranched alkanes of at least 4 members (excludes halogenated alkanes) is 1. The molecule has 25 heavy (non-hydrogen) atoms. The van der Waals surface area contributed by atoms with Crippen molar-refractivity contribution in [3.05, 3.63) is 47.0 Å². The van der Waals surface area contributed by atoms with E-state index in [2.05, 4.69) is 32.1 Å². The molecule has 0 radical (unpaired) electrons. The first-order valence-electron chi connectivity index (χ1n) is 10.0. The lowest BCUT2D eigenvalue weighted by atomic mass is 9.69. The van der Waals surface area contributed by atoms with E-state index in [0.29, 0.717) is 17.0 Å². The summed E-state index contributed by atoms with van der Waals surface area (Å²) in [6, 6.07) is 6.06. The van der Waals surface area contributed by atoms with Crippen LogP contribution in [-0.2, 0) is 6.42 Å². The summed E-state index contributed by atoms with van der Waals surface area (Å²) in [5, 5.41) is 0. The van der Waals surface area contributed by atoms with E-state index < -0.39 is 0 Å². The predicted octanol–water partition coefficient (Wildman–Crippen LogP) is 5.26. The quantitative estimate of drug-likeness (QED) is 0.664. The third-order valence-corrected chi connectivity index (χ3v) is 6.75. The SMILES string of the molecule is CCCCC(CC)Cc1ccc2c(c1)C(=O)C1C3C=CC(C3)C1C2=O. The summed E-state index contributed by atoms with van der Waals surface area (Å²) in [7, 11) is 0. The van der Waals surface area contributed by atoms with Gasteiger partial charge in [-0.2, -0.15) is 0 Å². The molecule has 2 nitrogen and oxygen atoms in total. The van der Waals surface area contributed by atoms with Crippen molar-refractivity contribution in [2.75, 3.05) is 0 Å². The number of hydrogen-bond acceptors (Lipinski definition) is 2. The van der Waals surface area contributed by atoms with Crippen molar-refractivity contribution >= 4 is 11.6 Å². The van der Waals surface area contributed by atoms with Gasteiger partial charge in [-0.25, -0.2) is 0 Å². The van der Waals surface area contributed by atoms with Gasteiger partial charge in [-0.1, -0.05) is 63.8 Å². The summed E-state index contributed by atoms with van der Waals surface area (Å²) >= 11 is 0. The molecule has 1 aromatic rings. The summed E-state index contributed by atoms with van der Waals surface area (Å²) < 4.78 is 0. The molecule has 0 aliphatic heterocycles. The first-order chi connectivity index (χ1) is 12.1. The van der Waals surface area contributed by atoms with Gasteiger partial charge >= 0.3 is 0 Å². The van der Waals surface area contributed by atoms with Crippen LogP contribution >= 0.6 is 0 Å². The Hall–Kier alpha value is -1.70. The van der Waals surface area contributed by atoms with E-state index in [9.17, 15) is 9.59 Å². The lowest BCUT2D eigenvalue weighted by Gasteiger charge is -2.31. The number of Topliss-reactive ketones (excluding diaryl/α,β-unsaturated/α-hetero) is 2.